The Morgan fingerprint density at radius 1 is 1.21 bits per heavy atom. The summed E-state index contributed by atoms with van der Waals surface area (Å²) in [5, 5.41) is 3.05. The van der Waals surface area contributed by atoms with Crippen LogP contribution >= 0.6 is 0 Å². The van der Waals surface area contributed by atoms with Gasteiger partial charge in [-0.25, -0.2) is 24.3 Å². The highest BCUT2D eigenvalue weighted by molar-refractivity contribution is 5.92. The molecule has 9 nitrogen and oxygen atoms in total. The van der Waals surface area contributed by atoms with Gasteiger partial charge in [0.15, 0.2) is 5.82 Å². The number of rotatable bonds is 7. The summed E-state index contributed by atoms with van der Waals surface area (Å²) in [6.45, 7) is 9.72. The molecule has 4 heterocycles. The van der Waals surface area contributed by atoms with Crippen molar-refractivity contribution < 1.29 is 13.9 Å². The number of imidazole rings is 1. The van der Waals surface area contributed by atoms with E-state index in [-0.39, 0.29) is 29.6 Å². The number of nitrogens with one attached hydrogen (secondary N) is 1. The predicted octanol–water partition coefficient (Wildman–Crippen LogP) is 4.15. The van der Waals surface area contributed by atoms with Crippen molar-refractivity contribution in [3.63, 3.8) is 0 Å². The monoisotopic (exact) mass is 467 g/mol. The van der Waals surface area contributed by atoms with E-state index in [9.17, 15) is 9.18 Å². The van der Waals surface area contributed by atoms with E-state index in [1.807, 2.05) is 32.3 Å². The lowest BCUT2D eigenvalue weighted by atomic mass is 10.1. The molecule has 1 fully saturated rings. The lowest BCUT2D eigenvalue weighted by Gasteiger charge is -2.26. The zero-order valence-corrected chi connectivity index (χ0v) is 20.0. The number of amides is 1. The Morgan fingerprint density at radius 3 is 2.62 bits per heavy atom. The number of nitrogens with zero attached hydrogens (tertiary/aromatic N) is 6. The maximum atomic E-state index is 14.8. The largest absolute Gasteiger partial charge is 0.381 e. The predicted molar refractivity (Wildman–Crippen MR) is 126 cm³/mol. The highest BCUT2D eigenvalue weighted by Gasteiger charge is 2.24. The molecular formula is C24H30FN7O2. The number of aryl methyl sites for hydroxylation is 1. The third-order valence-electron chi connectivity index (χ3n) is 5.99. The molecule has 0 spiro atoms. The number of carbonyl (C=O) groups excluding carboxylic acids is 1. The van der Waals surface area contributed by atoms with Crippen molar-refractivity contribution in [1.29, 1.82) is 0 Å². The molecule has 0 bridgehead atoms. The molecule has 34 heavy (non-hydrogen) atoms. The van der Waals surface area contributed by atoms with Gasteiger partial charge in [-0.2, -0.15) is 0 Å². The normalized spacial score (nSPS) is 14.4. The second-order valence-corrected chi connectivity index (χ2v) is 8.54. The van der Waals surface area contributed by atoms with Crippen LogP contribution in [0.4, 0.5) is 16.0 Å². The van der Waals surface area contributed by atoms with Crippen LogP contribution in [0.15, 0.2) is 30.7 Å². The third-order valence-corrected chi connectivity index (χ3v) is 5.99. The quantitative estimate of drug-likeness (QED) is 0.557. The van der Waals surface area contributed by atoms with Gasteiger partial charge in [0.1, 0.15) is 17.2 Å². The molecule has 1 saturated heterocycles. The molecule has 4 rings (SSSR count). The summed E-state index contributed by atoms with van der Waals surface area (Å²) in [7, 11) is 0. The summed E-state index contributed by atoms with van der Waals surface area (Å²) in [6, 6.07) is 3.65. The van der Waals surface area contributed by atoms with E-state index in [0.29, 0.717) is 36.8 Å². The van der Waals surface area contributed by atoms with Crippen LogP contribution in [-0.2, 0) is 4.74 Å². The molecule has 3 aromatic heterocycles. The van der Waals surface area contributed by atoms with Gasteiger partial charge in [0.2, 0.25) is 5.95 Å². The zero-order chi connectivity index (χ0) is 24.2. The average molecular weight is 468 g/mol. The standard InChI is InChI=1S/C24H30FN7O2/c1-5-31(15(2)3)23(33)20-7-6-17(12-27-20)29-24-28-13-19(25)22(30-24)21-14-26-16(4)32(21)18-8-10-34-11-9-18/h6-7,12-15,18H,5,8-11H2,1-4H3,(H,28,29,30). The number of anilines is 2. The first-order valence-electron chi connectivity index (χ1n) is 11.6. The Hall–Kier alpha value is -3.40. The number of hydrogen-bond acceptors (Lipinski definition) is 7. The van der Waals surface area contributed by atoms with Crippen LogP contribution in [0.25, 0.3) is 11.4 Å². The molecule has 0 atom stereocenters. The fraction of sp³-hybridized carbons (Fsp3) is 0.458. The molecule has 0 unspecified atom stereocenters. The van der Waals surface area contributed by atoms with Crippen LogP contribution in [0, 0.1) is 12.7 Å². The molecule has 0 aliphatic carbocycles. The number of halogens is 1. The molecule has 0 aromatic carbocycles. The number of ether oxygens (including phenoxy) is 1. The minimum atomic E-state index is -0.522. The van der Waals surface area contributed by atoms with E-state index in [2.05, 4.69) is 25.3 Å². The first-order valence-corrected chi connectivity index (χ1v) is 11.6. The maximum absolute atomic E-state index is 14.8. The summed E-state index contributed by atoms with van der Waals surface area (Å²) in [5.74, 6) is 0.390. The Kier molecular flexibility index (Phi) is 7.16. The topological polar surface area (TPSA) is 98.1 Å². The molecule has 180 valence electrons. The van der Waals surface area contributed by atoms with Crippen molar-refractivity contribution in [1.82, 2.24) is 29.4 Å². The first kappa shape index (κ1) is 23.7. The van der Waals surface area contributed by atoms with Gasteiger partial charge in [-0.05, 0) is 52.7 Å². The zero-order valence-electron chi connectivity index (χ0n) is 20.0. The van der Waals surface area contributed by atoms with Crippen LogP contribution in [0.5, 0.6) is 0 Å². The van der Waals surface area contributed by atoms with Gasteiger partial charge in [-0.3, -0.25) is 4.79 Å². The Morgan fingerprint density at radius 2 is 1.97 bits per heavy atom. The van der Waals surface area contributed by atoms with Crippen molar-refractivity contribution in [2.75, 3.05) is 25.1 Å². The molecule has 0 saturated carbocycles. The maximum Gasteiger partial charge on any atom is 0.272 e. The minimum absolute atomic E-state index is 0.0846. The van der Waals surface area contributed by atoms with Crippen molar-refractivity contribution in [2.24, 2.45) is 0 Å². The minimum Gasteiger partial charge on any atom is -0.381 e. The van der Waals surface area contributed by atoms with E-state index in [0.717, 1.165) is 24.9 Å². The number of hydrogen-bond donors (Lipinski definition) is 1. The lowest BCUT2D eigenvalue weighted by Crippen LogP contribution is -2.37. The highest BCUT2D eigenvalue weighted by atomic mass is 19.1. The average Bonchev–Trinajstić information content (AvgIpc) is 3.22. The number of pyridine rings is 1. The van der Waals surface area contributed by atoms with Crippen molar-refractivity contribution in [3.8, 4) is 11.4 Å². The van der Waals surface area contributed by atoms with E-state index in [4.69, 9.17) is 4.74 Å². The van der Waals surface area contributed by atoms with Gasteiger partial charge in [0.25, 0.3) is 5.91 Å². The fourth-order valence-electron chi connectivity index (χ4n) is 4.25. The van der Waals surface area contributed by atoms with Gasteiger partial charge in [-0.15, -0.1) is 0 Å². The van der Waals surface area contributed by atoms with Gasteiger partial charge in [-0.1, -0.05) is 0 Å². The van der Waals surface area contributed by atoms with Crippen LogP contribution in [0.3, 0.4) is 0 Å². The smallest absolute Gasteiger partial charge is 0.272 e. The molecule has 3 aromatic rings. The SMILES string of the molecule is CCN(C(=O)c1ccc(Nc2ncc(F)c(-c3cnc(C)n3C3CCOCC3)n2)cn1)C(C)C. The Bertz CT molecular complexity index is 1140. The number of carbonyl (C=O) groups is 1. The summed E-state index contributed by atoms with van der Waals surface area (Å²) >= 11 is 0. The first-order chi connectivity index (χ1) is 16.4. The van der Waals surface area contributed by atoms with Gasteiger partial charge >= 0.3 is 0 Å². The second-order valence-electron chi connectivity index (χ2n) is 8.54. The molecule has 1 N–H and O–H groups in total. The summed E-state index contributed by atoms with van der Waals surface area (Å²) in [6.07, 6.45) is 6.02. The molecule has 1 aliphatic rings. The van der Waals surface area contributed by atoms with Crippen LogP contribution in [0.2, 0.25) is 0 Å². The van der Waals surface area contributed by atoms with Crippen molar-refractivity contribution in [3.05, 3.63) is 48.1 Å². The van der Waals surface area contributed by atoms with E-state index in [1.165, 1.54) is 0 Å². The molecule has 10 heteroatoms. The fourth-order valence-corrected chi connectivity index (χ4v) is 4.25. The molecule has 1 amide bonds. The number of aromatic nitrogens is 5. The van der Waals surface area contributed by atoms with Gasteiger partial charge in [0.05, 0.1) is 30.0 Å². The molecule has 1 aliphatic heterocycles. The van der Waals surface area contributed by atoms with E-state index in [1.54, 1.807) is 29.4 Å². The van der Waals surface area contributed by atoms with Gasteiger partial charge < -0.3 is 19.5 Å². The van der Waals surface area contributed by atoms with Crippen LogP contribution in [-0.4, -0.2) is 61.1 Å². The highest BCUT2D eigenvalue weighted by Crippen LogP contribution is 2.31. The lowest BCUT2D eigenvalue weighted by molar-refractivity contribution is 0.0693. The summed E-state index contributed by atoms with van der Waals surface area (Å²) in [5.41, 5.74) is 1.74. The Balaban J connectivity index is 1.57. The van der Waals surface area contributed by atoms with Gasteiger partial charge in [0, 0.05) is 31.8 Å². The third kappa shape index (κ3) is 4.91. The molecule has 0 radical (unpaired) electrons. The van der Waals surface area contributed by atoms with Crippen LogP contribution < -0.4 is 5.32 Å². The van der Waals surface area contributed by atoms with Crippen LogP contribution in [0.1, 0.15) is 56.0 Å². The summed E-state index contributed by atoms with van der Waals surface area (Å²) in [4.78, 5) is 31.6. The van der Waals surface area contributed by atoms with E-state index < -0.39 is 5.82 Å². The van der Waals surface area contributed by atoms with Crippen molar-refractivity contribution in [2.45, 2.75) is 52.6 Å². The summed E-state index contributed by atoms with van der Waals surface area (Å²) < 4.78 is 22.3. The Labute approximate surface area is 198 Å². The van der Waals surface area contributed by atoms with E-state index >= 15 is 0 Å². The van der Waals surface area contributed by atoms with Crippen molar-refractivity contribution >= 4 is 17.5 Å². The second kappa shape index (κ2) is 10.3. The molecular weight excluding hydrogens is 437 g/mol.